The Labute approximate surface area is 203 Å². The Morgan fingerprint density at radius 1 is 1.03 bits per heavy atom. The van der Waals surface area contributed by atoms with Crippen molar-refractivity contribution in [3.05, 3.63) is 58.7 Å². The van der Waals surface area contributed by atoms with E-state index in [2.05, 4.69) is 0 Å². The summed E-state index contributed by atoms with van der Waals surface area (Å²) in [6.07, 6.45) is 4.47. The van der Waals surface area contributed by atoms with E-state index in [1.165, 1.54) is 22.6 Å². The Hall–Kier alpha value is -2.90. The summed E-state index contributed by atoms with van der Waals surface area (Å²) >= 11 is 0. The molecule has 1 spiro atoms. The number of amides is 2. The summed E-state index contributed by atoms with van der Waals surface area (Å²) in [7, 11) is 0. The molecule has 2 aromatic carbocycles. The third-order valence-corrected chi connectivity index (χ3v) is 10.1. The zero-order valence-corrected chi connectivity index (χ0v) is 19.5. The second-order valence-corrected chi connectivity index (χ2v) is 11.6. The summed E-state index contributed by atoms with van der Waals surface area (Å²) in [5.74, 6) is 0.696. The minimum atomic E-state index is -0.999. The van der Waals surface area contributed by atoms with Crippen LogP contribution in [0.4, 0.5) is 0 Å². The lowest BCUT2D eigenvalue weighted by Gasteiger charge is -2.62. The van der Waals surface area contributed by atoms with E-state index in [0.717, 1.165) is 43.0 Å². The van der Waals surface area contributed by atoms with Crippen LogP contribution in [0.5, 0.6) is 11.5 Å². The molecule has 6 aliphatic rings. The third-order valence-electron chi connectivity index (χ3n) is 10.1. The van der Waals surface area contributed by atoms with Crippen LogP contribution < -0.4 is 9.64 Å². The molecular formula is C28H29N2O5+. The van der Waals surface area contributed by atoms with Crippen LogP contribution in [-0.2, 0) is 11.8 Å². The van der Waals surface area contributed by atoms with Crippen LogP contribution in [0.15, 0.2) is 36.4 Å². The summed E-state index contributed by atoms with van der Waals surface area (Å²) in [6, 6.07) is 10.2. The van der Waals surface area contributed by atoms with E-state index in [-0.39, 0.29) is 23.6 Å². The lowest BCUT2D eigenvalue weighted by Crippen LogP contribution is -3.21. The Morgan fingerprint density at radius 2 is 1.77 bits per heavy atom. The Morgan fingerprint density at radius 3 is 2.49 bits per heavy atom. The summed E-state index contributed by atoms with van der Waals surface area (Å²) in [5, 5.41) is 23.4. The molecule has 6 atom stereocenters. The van der Waals surface area contributed by atoms with Crippen molar-refractivity contribution in [2.75, 3.05) is 13.1 Å². The molecule has 2 bridgehead atoms. The van der Waals surface area contributed by atoms with Gasteiger partial charge in [-0.2, -0.15) is 0 Å². The number of fused-ring (bicyclic) bond motifs is 1. The minimum absolute atomic E-state index is 0.0501. The lowest BCUT2D eigenvalue weighted by molar-refractivity contribution is -0.944. The molecule has 3 heterocycles. The van der Waals surface area contributed by atoms with Gasteiger partial charge in [-0.05, 0) is 49.4 Å². The molecule has 7 heteroatoms. The number of hydrogen-bond donors (Lipinski definition) is 3. The highest BCUT2D eigenvalue weighted by Crippen LogP contribution is 2.64. The van der Waals surface area contributed by atoms with Crippen molar-refractivity contribution in [3.8, 4) is 11.5 Å². The number of ether oxygens (including phenoxy) is 1. The number of phenolic OH excluding ortho intramolecular Hbond substituents is 1. The van der Waals surface area contributed by atoms with Crippen LogP contribution in [0.25, 0.3) is 0 Å². The smallest absolute Gasteiger partial charge is 0.261 e. The van der Waals surface area contributed by atoms with Gasteiger partial charge in [-0.25, -0.2) is 0 Å². The van der Waals surface area contributed by atoms with Gasteiger partial charge in [0.25, 0.3) is 11.8 Å². The summed E-state index contributed by atoms with van der Waals surface area (Å²) in [5.41, 5.74) is 1.19. The zero-order chi connectivity index (χ0) is 23.7. The number of imide groups is 1. The van der Waals surface area contributed by atoms with E-state index >= 15 is 0 Å². The molecule has 3 fully saturated rings. The molecule has 180 valence electrons. The fourth-order valence-corrected chi connectivity index (χ4v) is 8.46. The highest BCUT2D eigenvalue weighted by Gasteiger charge is 2.76. The molecular weight excluding hydrogens is 444 g/mol. The number of phenols is 1. The van der Waals surface area contributed by atoms with Gasteiger partial charge in [0.1, 0.15) is 17.7 Å². The van der Waals surface area contributed by atoms with E-state index in [1.807, 2.05) is 6.07 Å². The maximum Gasteiger partial charge on any atom is 0.261 e. The second-order valence-electron chi connectivity index (χ2n) is 11.6. The van der Waals surface area contributed by atoms with Crippen molar-refractivity contribution in [3.63, 3.8) is 0 Å². The number of likely N-dealkylation sites (tertiary alicyclic amines) is 1. The SMILES string of the molecule is O=C1c2ccccc2C(=O)N1C1CCC2(O)C3Cc4ccc(O)c5c4C2(CC[NH+]3CC2CC2)C1O5. The number of aromatic hydroxyl groups is 1. The molecule has 3 aliphatic heterocycles. The Bertz CT molecular complexity index is 1290. The highest BCUT2D eigenvalue weighted by molar-refractivity contribution is 6.21. The average molecular weight is 474 g/mol. The maximum atomic E-state index is 13.5. The number of aliphatic hydroxyl groups is 1. The summed E-state index contributed by atoms with van der Waals surface area (Å²) in [4.78, 5) is 29.8. The number of hydrogen-bond acceptors (Lipinski definition) is 5. The normalized spacial score (nSPS) is 38.3. The first kappa shape index (κ1) is 20.3. The molecule has 2 amide bonds. The molecule has 7 nitrogen and oxygen atoms in total. The lowest BCUT2D eigenvalue weighted by atomic mass is 9.48. The fourth-order valence-electron chi connectivity index (χ4n) is 8.46. The van der Waals surface area contributed by atoms with Crippen LogP contribution in [0.1, 0.15) is 63.9 Å². The van der Waals surface area contributed by atoms with Gasteiger partial charge < -0.3 is 19.8 Å². The van der Waals surface area contributed by atoms with Crippen molar-refractivity contribution in [1.29, 1.82) is 0 Å². The molecule has 3 aliphatic carbocycles. The van der Waals surface area contributed by atoms with Crippen molar-refractivity contribution >= 4 is 11.8 Å². The van der Waals surface area contributed by atoms with Crippen molar-refractivity contribution in [1.82, 2.24) is 4.90 Å². The van der Waals surface area contributed by atoms with Crippen LogP contribution in [-0.4, -0.2) is 63.8 Å². The Kier molecular flexibility index (Phi) is 3.74. The number of quaternary nitrogens is 1. The van der Waals surface area contributed by atoms with Gasteiger partial charge in [-0.1, -0.05) is 18.2 Å². The zero-order valence-electron chi connectivity index (χ0n) is 19.5. The first-order chi connectivity index (χ1) is 16.9. The average Bonchev–Trinajstić information content (AvgIpc) is 3.54. The van der Waals surface area contributed by atoms with Crippen molar-refractivity contribution in [2.24, 2.45) is 5.92 Å². The van der Waals surface area contributed by atoms with E-state index in [9.17, 15) is 19.8 Å². The van der Waals surface area contributed by atoms with Crippen LogP contribution in [0.3, 0.4) is 0 Å². The number of carbonyl (C=O) groups is 2. The quantitative estimate of drug-likeness (QED) is 0.583. The van der Waals surface area contributed by atoms with Gasteiger partial charge in [-0.15, -0.1) is 0 Å². The van der Waals surface area contributed by atoms with Gasteiger partial charge >= 0.3 is 0 Å². The van der Waals surface area contributed by atoms with Crippen LogP contribution >= 0.6 is 0 Å². The van der Waals surface area contributed by atoms with Gasteiger partial charge in [0.15, 0.2) is 11.5 Å². The fraction of sp³-hybridized carbons (Fsp3) is 0.500. The predicted octanol–water partition coefficient (Wildman–Crippen LogP) is 1.20. The first-order valence-corrected chi connectivity index (χ1v) is 13.0. The molecule has 1 saturated heterocycles. The first-order valence-electron chi connectivity index (χ1n) is 13.0. The highest BCUT2D eigenvalue weighted by atomic mass is 16.5. The number of nitrogens with one attached hydrogen (secondary N) is 1. The molecule has 2 aromatic rings. The molecule has 2 saturated carbocycles. The number of benzene rings is 2. The van der Waals surface area contributed by atoms with Crippen molar-refractivity contribution < 1.29 is 29.4 Å². The van der Waals surface area contributed by atoms with Gasteiger partial charge in [0.2, 0.25) is 0 Å². The topological polar surface area (TPSA) is 91.5 Å². The largest absolute Gasteiger partial charge is 0.504 e. The van der Waals surface area contributed by atoms with Gasteiger partial charge in [0, 0.05) is 24.3 Å². The van der Waals surface area contributed by atoms with Crippen LogP contribution in [0, 0.1) is 5.92 Å². The van der Waals surface area contributed by atoms with Gasteiger partial charge in [0.05, 0.1) is 35.7 Å². The second kappa shape index (κ2) is 6.45. The number of carbonyl (C=O) groups excluding carboxylic acids is 2. The Balaban J connectivity index is 1.28. The van der Waals surface area contributed by atoms with E-state index in [0.29, 0.717) is 29.7 Å². The van der Waals surface area contributed by atoms with E-state index < -0.39 is 23.2 Å². The standard InChI is InChI=1S/C28H28N2O5/c31-20-8-7-16-13-21-28(34)10-9-19(30-25(32)17-3-1-2-4-18(17)26(30)33)24-27(28,22(16)23(20)35-24)11-12-29(21)14-15-5-6-15/h1-4,7-8,15,19,21,24,31,34H,5-6,9-14H2/p+1. The third kappa shape index (κ3) is 2.30. The molecule has 0 aromatic heterocycles. The summed E-state index contributed by atoms with van der Waals surface area (Å²) < 4.78 is 6.56. The van der Waals surface area contributed by atoms with Crippen molar-refractivity contribution in [2.45, 2.75) is 67.7 Å². The van der Waals surface area contributed by atoms with E-state index in [1.54, 1.807) is 30.3 Å². The number of nitrogens with zero attached hydrogens (tertiary/aromatic N) is 1. The molecule has 3 N–H and O–H groups in total. The monoisotopic (exact) mass is 473 g/mol. The predicted molar refractivity (Wildman–Crippen MR) is 125 cm³/mol. The number of rotatable bonds is 3. The number of piperidine rings is 1. The molecule has 0 radical (unpaired) electrons. The van der Waals surface area contributed by atoms with Gasteiger partial charge in [-0.3, -0.25) is 14.5 Å². The van der Waals surface area contributed by atoms with Crippen LogP contribution in [0.2, 0.25) is 0 Å². The maximum absolute atomic E-state index is 13.5. The van der Waals surface area contributed by atoms with E-state index in [4.69, 9.17) is 4.74 Å². The molecule has 6 unspecified atom stereocenters. The molecule has 8 rings (SSSR count). The molecule has 35 heavy (non-hydrogen) atoms. The summed E-state index contributed by atoms with van der Waals surface area (Å²) in [6.45, 7) is 2.02. The minimum Gasteiger partial charge on any atom is -0.504 e.